The second kappa shape index (κ2) is 6.88. The monoisotopic (exact) mass is 299 g/mol. The van der Waals surface area contributed by atoms with Crippen molar-refractivity contribution in [2.75, 3.05) is 6.54 Å². The highest BCUT2D eigenvalue weighted by molar-refractivity contribution is 6.30. The Morgan fingerprint density at radius 1 is 1.15 bits per heavy atom. The van der Waals surface area contributed by atoms with Crippen LogP contribution in [-0.4, -0.2) is 11.7 Å². The number of benzene rings is 1. The average Bonchev–Trinajstić information content (AvgIpc) is 2.37. The predicted octanol–water partition coefficient (Wildman–Crippen LogP) is 4.20. The minimum Gasteiger partial charge on any atom is -0.388 e. The van der Waals surface area contributed by atoms with E-state index in [-0.39, 0.29) is 5.41 Å². The first kappa shape index (κ1) is 15.7. The Balaban J connectivity index is 2.28. The highest BCUT2D eigenvalue weighted by Gasteiger charge is 2.37. The Kier molecular flexibility index (Phi) is 5.42. The lowest BCUT2D eigenvalue weighted by molar-refractivity contribution is 0.00830. The van der Waals surface area contributed by atoms with Crippen LogP contribution < -0.4 is 5.73 Å². The van der Waals surface area contributed by atoms with Crippen molar-refractivity contribution in [3.63, 3.8) is 0 Å². The molecule has 0 heterocycles. The van der Waals surface area contributed by atoms with E-state index in [1.54, 1.807) is 6.07 Å². The number of rotatable bonds is 3. The van der Waals surface area contributed by atoms with Gasteiger partial charge in [-0.3, -0.25) is 0 Å². The van der Waals surface area contributed by atoms with Gasteiger partial charge in [0.2, 0.25) is 0 Å². The van der Waals surface area contributed by atoms with E-state index in [0.29, 0.717) is 17.1 Å². The number of aliphatic hydroxyl groups excluding tert-OH is 1. The average molecular weight is 300 g/mol. The quantitative estimate of drug-likeness (QED) is 0.878. The second-order valence-electron chi connectivity index (χ2n) is 5.94. The number of halogens is 2. The van der Waals surface area contributed by atoms with Gasteiger partial charge in [-0.2, -0.15) is 0 Å². The van der Waals surface area contributed by atoms with E-state index in [9.17, 15) is 9.50 Å². The van der Waals surface area contributed by atoms with E-state index < -0.39 is 11.9 Å². The molecule has 1 aliphatic rings. The molecule has 1 aromatic rings. The fraction of sp³-hybridized carbons (Fsp3) is 0.625. The van der Waals surface area contributed by atoms with Crippen molar-refractivity contribution in [2.24, 2.45) is 11.1 Å². The molecule has 1 unspecified atom stereocenters. The van der Waals surface area contributed by atoms with E-state index in [4.69, 9.17) is 17.3 Å². The molecule has 0 saturated heterocycles. The first-order valence-electron chi connectivity index (χ1n) is 7.41. The summed E-state index contributed by atoms with van der Waals surface area (Å²) in [7, 11) is 0. The zero-order chi connectivity index (χ0) is 14.6. The summed E-state index contributed by atoms with van der Waals surface area (Å²) in [6.45, 7) is 0.419. The van der Waals surface area contributed by atoms with Gasteiger partial charge < -0.3 is 10.8 Å². The van der Waals surface area contributed by atoms with Gasteiger partial charge in [0.1, 0.15) is 5.82 Å². The fourth-order valence-electron chi connectivity index (χ4n) is 3.29. The van der Waals surface area contributed by atoms with Gasteiger partial charge in [-0.25, -0.2) is 4.39 Å². The molecule has 0 aromatic heterocycles. The highest BCUT2D eigenvalue weighted by atomic mass is 35.5. The summed E-state index contributed by atoms with van der Waals surface area (Å²) in [6, 6.07) is 4.27. The minimum atomic E-state index is -0.751. The summed E-state index contributed by atoms with van der Waals surface area (Å²) in [4.78, 5) is 0. The summed E-state index contributed by atoms with van der Waals surface area (Å²) < 4.78 is 13.5. The lowest BCUT2D eigenvalue weighted by Crippen LogP contribution is -2.37. The molecule has 0 amide bonds. The van der Waals surface area contributed by atoms with Crippen molar-refractivity contribution in [3.05, 3.63) is 34.6 Å². The van der Waals surface area contributed by atoms with Gasteiger partial charge in [-0.15, -0.1) is 0 Å². The summed E-state index contributed by atoms with van der Waals surface area (Å²) in [6.07, 6.45) is 6.77. The molecular weight excluding hydrogens is 277 g/mol. The molecule has 1 fully saturated rings. The van der Waals surface area contributed by atoms with Gasteiger partial charge in [0.25, 0.3) is 0 Å². The molecule has 0 spiro atoms. The lowest BCUT2D eigenvalue weighted by atomic mass is 9.70. The van der Waals surface area contributed by atoms with E-state index in [2.05, 4.69) is 0 Å². The maximum atomic E-state index is 13.5. The molecule has 2 nitrogen and oxygen atoms in total. The topological polar surface area (TPSA) is 46.2 Å². The van der Waals surface area contributed by atoms with Crippen molar-refractivity contribution < 1.29 is 9.50 Å². The van der Waals surface area contributed by atoms with E-state index >= 15 is 0 Å². The van der Waals surface area contributed by atoms with Gasteiger partial charge in [-0.05, 0) is 36.6 Å². The van der Waals surface area contributed by atoms with E-state index in [1.807, 2.05) is 0 Å². The second-order valence-corrected chi connectivity index (χ2v) is 6.38. The number of hydrogen-bond donors (Lipinski definition) is 2. The Morgan fingerprint density at radius 2 is 1.75 bits per heavy atom. The van der Waals surface area contributed by atoms with Crippen molar-refractivity contribution in [3.8, 4) is 0 Å². The predicted molar refractivity (Wildman–Crippen MR) is 80.2 cm³/mol. The molecule has 2 rings (SSSR count). The molecule has 4 heteroatoms. The maximum Gasteiger partial charge on any atom is 0.125 e. The Labute approximate surface area is 125 Å². The van der Waals surface area contributed by atoms with Crippen LogP contribution in [0.4, 0.5) is 4.39 Å². The van der Waals surface area contributed by atoms with Crippen LogP contribution in [0.25, 0.3) is 0 Å². The first-order chi connectivity index (χ1) is 9.57. The summed E-state index contributed by atoms with van der Waals surface area (Å²) in [5, 5.41) is 11.1. The molecule has 1 saturated carbocycles. The van der Waals surface area contributed by atoms with E-state index in [1.165, 1.54) is 31.4 Å². The third-order valence-corrected chi connectivity index (χ3v) is 4.75. The molecular formula is C16H23ClFNO. The molecule has 0 aliphatic heterocycles. The van der Waals surface area contributed by atoms with Gasteiger partial charge >= 0.3 is 0 Å². The van der Waals surface area contributed by atoms with Crippen LogP contribution >= 0.6 is 11.6 Å². The van der Waals surface area contributed by atoms with Gasteiger partial charge in [0, 0.05) is 17.0 Å². The standard InChI is InChI=1S/C16H23ClFNO/c17-13-8-12(9-14(18)10-13)15(20)16(11-19)6-4-2-1-3-5-7-16/h8-10,15,20H,1-7,11,19H2. The molecule has 0 bridgehead atoms. The molecule has 1 aliphatic carbocycles. The molecule has 0 radical (unpaired) electrons. The molecule has 1 atom stereocenters. The van der Waals surface area contributed by atoms with Crippen LogP contribution in [0.3, 0.4) is 0 Å². The molecule has 20 heavy (non-hydrogen) atoms. The van der Waals surface area contributed by atoms with Gasteiger partial charge in [0.15, 0.2) is 0 Å². The van der Waals surface area contributed by atoms with Crippen LogP contribution in [0.2, 0.25) is 5.02 Å². The van der Waals surface area contributed by atoms with Crippen molar-refractivity contribution in [1.82, 2.24) is 0 Å². The molecule has 3 N–H and O–H groups in total. The van der Waals surface area contributed by atoms with Crippen molar-refractivity contribution >= 4 is 11.6 Å². The first-order valence-corrected chi connectivity index (χ1v) is 7.79. The normalized spacial score (nSPS) is 21.0. The smallest absolute Gasteiger partial charge is 0.125 e. The highest BCUT2D eigenvalue weighted by Crippen LogP contribution is 2.44. The maximum absolute atomic E-state index is 13.5. The molecule has 1 aromatic carbocycles. The van der Waals surface area contributed by atoms with Gasteiger partial charge in [0.05, 0.1) is 6.10 Å². The van der Waals surface area contributed by atoms with Crippen LogP contribution in [0.1, 0.15) is 56.6 Å². The number of hydrogen-bond acceptors (Lipinski definition) is 2. The summed E-state index contributed by atoms with van der Waals surface area (Å²) in [5.41, 5.74) is 6.18. The van der Waals surface area contributed by atoms with Crippen LogP contribution in [-0.2, 0) is 0 Å². The Hall–Kier alpha value is -0.640. The largest absolute Gasteiger partial charge is 0.388 e. The van der Waals surface area contributed by atoms with Crippen LogP contribution in [0, 0.1) is 11.2 Å². The van der Waals surface area contributed by atoms with Crippen molar-refractivity contribution in [1.29, 1.82) is 0 Å². The van der Waals surface area contributed by atoms with Crippen LogP contribution in [0.15, 0.2) is 18.2 Å². The SMILES string of the molecule is NCC1(C(O)c2cc(F)cc(Cl)c2)CCCCCCC1. The Morgan fingerprint density at radius 3 is 2.30 bits per heavy atom. The third-order valence-electron chi connectivity index (χ3n) is 4.54. The molecule has 112 valence electrons. The summed E-state index contributed by atoms with van der Waals surface area (Å²) >= 11 is 5.90. The lowest BCUT2D eigenvalue weighted by Gasteiger charge is -2.39. The zero-order valence-corrected chi connectivity index (χ0v) is 12.5. The number of aliphatic hydroxyl groups is 1. The van der Waals surface area contributed by atoms with E-state index in [0.717, 1.165) is 25.7 Å². The third kappa shape index (κ3) is 3.51. The fourth-order valence-corrected chi connectivity index (χ4v) is 3.52. The van der Waals surface area contributed by atoms with Crippen LogP contribution in [0.5, 0.6) is 0 Å². The van der Waals surface area contributed by atoms with Gasteiger partial charge in [-0.1, -0.05) is 43.7 Å². The Bertz CT molecular complexity index is 424. The minimum absolute atomic E-state index is 0.317. The number of nitrogens with two attached hydrogens (primary N) is 1. The summed E-state index contributed by atoms with van der Waals surface area (Å²) in [5.74, 6) is -0.412. The zero-order valence-electron chi connectivity index (χ0n) is 11.7. The van der Waals surface area contributed by atoms with Crippen molar-refractivity contribution in [2.45, 2.75) is 51.0 Å².